The summed E-state index contributed by atoms with van der Waals surface area (Å²) in [6, 6.07) is 0. The minimum Gasteiger partial charge on any atom is -0.103 e. The molecule has 44 valence electrons. The van der Waals surface area contributed by atoms with Crippen LogP contribution in [0.3, 0.4) is 0 Å². The zero-order valence-electron chi connectivity index (χ0n) is 5.56. The molecule has 2 radical (unpaired) electrons. The van der Waals surface area contributed by atoms with E-state index in [0.717, 1.165) is 12.8 Å². The second-order valence-electron chi connectivity index (χ2n) is 2.07. The highest BCUT2D eigenvalue weighted by Crippen LogP contribution is 2.12. The molecule has 0 nitrogen and oxygen atoms in total. The molecule has 0 N–H and O–H groups in total. The van der Waals surface area contributed by atoms with Crippen molar-refractivity contribution in [2.45, 2.75) is 32.0 Å². The Hall–Kier alpha value is -0.195. The fraction of sp³-hybridized carbons (Fsp3) is 0.714. The third-order valence-electron chi connectivity index (χ3n) is 1.13. The Bertz CT molecular complexity index is 59.4. The highest BCUT2D eigenvalue weighted by atomic mass is 13.9. The molecule has 0 aromatic rings. The van der Waals surface area contributed by atoms with E-state index < -0.39 is 0 Å². The fourth-order valence-electron chi connectivity index (χ4n) is 0.703. The Kier molecular flexibility index (Phi) is 4.83. The molecule has 0 bridgehead atoms. The summed E-state index contributed by atoms with van der Waals surface area (Å²) < 4.78 is 0. The number of hydrogen-bond acceptors (Lipinski definition) is 0. The van der Waals surface area contributed by atoms with Crippen molar-refractivity contribution in [2.24, 2.45) is 0 Å². The van der Waals surface area contributed by atoms with Gasteiger partial charge in [0.1, 0.15) is 0 Å². The first-order chi connectivity index (χ1) is 3.81. The van der Waals surface area contributed by atoms with E-state index in [-0.39, 0.29) is 0 Å². The van der Waals surface area contributed by atoms with Crippen LogP contribution in [-0.4, -0.2) is 7.85 Å². The predicted molar refractivity (Wildman–Crippen MR) is 39.2 cm³/mol. The third kappa shape index (κ3) is 3.98. The van der Waals surface area contributed by atoms with Crippen LogP contribution in [-0.2, 0) is 0 Å². The van der Waals surface area contributed by atoms with Crippen molar-refractivity contribution >= 4 is 7.85 Å². The number of allylic oxidation sites excluding steroid dienone is 1. The van der Waals surface area contributed by atoms with Crippen molar-refractivity contribution in [1.82, 2.24) is 0 Å². The van der Waals surface area contributed by atoms with E-state index >= 15 is 0 Å². The molecule has 1 heteroatoms. The average molecular weight is 108 g/mol. The first-order valence-electron chi connectivity index (χ1n) is 3.17. The van der Waals surface area contributed by atoms with Gasteiger partial charge in [-0.25, -0.2) is 0 Å². The van der Waals surface area contributed by atoms with Crippen molar-refractivity contribution in [3.63, 3.8) is 0 Å². The molecule has 1 unspecified atom stereocenters. The van der Waals surface area contributed by atoms with Crippen LogP contribution in [0.4, 0.5) is 0 Å². The maximum Gasteiger partial charge on any atom is 0.0703 e. The first kappa shape index (κ1) is 7.80. The molecule has 0 aliphatic heterocycles. The second-order valence-corrected chi connectivity index (χ2v) is 2.07. The van der Waals surface area contributed by atoms with Crippen LogP contribution in [0.5, 0.6) is 0 Å². The molecular weight excluding hydrogens is 94.9 g/mol. The van der Waals surface area contributed by atoms with Gasteiger partial charge in [-0.2, -0.15) is 0 Å². The molecule has 0 aliphatic carbocycles. The molecule has 0 rings (SSSR count). The summed E-state index contributed by atoms with van der Waals surface area (Å²) in [5.41, 5.74) is 0. The summed E-state index contributed by atoms with van der Waals surface area (Å²) >= 11 is 0. The molecule has 0 amide bonds. The minimum atomic E-state index is 0.345. The first-order valence-corrected chi connectivity index (χ1v) is 3.17. The van der Waals surface area contributed by atoms with E-state index in [1.54, 1.807) is 0 Å². The molecule has 0 spiro atoms. The van der Waals surface area contributed by atoms with Gasteiger partial charge >= 0.3 is 0 Å². The van der Waals surface area contributed by atoms with Gasteiger partial charge in [-0.05, 0) is 6.42 Å². The van der Waals surface area contributed by atoms with Crippen LogP contribution in [0.1, 0.15) is 26.2 Å². The zero-order chi connectivity index (χ0) is 6.41. The lowest BCUT2D eigenvalue weighted by Gasteiger charge is -2.03. The number of rotatable bonds is 4. The molecule has 8 heavy (non-hydrogen) atoms. The lowest BCUT2D eigenvalue weighted by molar-refractivity contribution is 0.727. The van der Waals surface area contributed by atoms with Crippen LogP contribution < -0.4 is 0 Å². The average Bonchev–Trinajstić information content (AvgIpc) is 1.68. The van der Waals surface area contributed by atoms with Crippen molar-refractivity contribution in [3.8, 4) is 0 Å². The van der Waals surface area contributed by atoms with Crippen LogP contribution in [0.25, 0.3) is 0 Å². The van der Waals surface area contributed by atoms with Crippen LogP contribution in [0, 0.1) is 0 Å². The van der Waals surface area contributed by atoms with E-state index in [1.165, 1.54) is 6.42 Å². The Morgan fingerprint density at radius 2 is 2.38 bits per heavy atom. The SMILES string of the molecule is [B]C(CC=C)CCC. The molecule has 0 saturated heterocycles. The highest BCUT2D eigenvalue weighted by molar-refractivity contribution is 6.11. The zero-order valence-corrected chi connectivity index (χ0v) is 5.56. The second kappa shape index (κ2) is 4.95. The molecule has 0 fully saturated rings. The molecule has 0 aromatic carbocycles. The summed E-state index contributed by atoms with van der Waals surface area (Å²) in [5.74, 6) is 0.345. The third-order valence-corrected chi connectivity index (χ3v) is 1.13. The van der Waals surface area contributed by atoms with Crippen molar-refractivity contribution in [1.29, 1.82) is 0 Å². The lowest BCUT2D eigenvalue weighted by atomic mass is 9.81. The van der Waals surface area contributed by atoms with Gasteiger partial charge in [0, 0.05) is 0 Å². The molecule has 0 saturated carbocycles. The number of hydrogen-bond donors (Lipinski definition) is 0. The van der Waals surface area contributed by atoms with E-state index in [1.807, 2.05) is 6.08 Å². The molecular formula is C7H13B. The van der Waals surface area contributed by atoms with Crippen molar-refractivity contribution in [2.75, 3.05) is 0 Å². The summed E-state index contributed by atoms with van der Waals surface area (Å²) in [5, 5.41) is 0. The van der Waals surface area contributed by atoms with E-state index in [2.05, 4.69) is 13.5 Å². The topological polar surface area (TPSA) is 0 Å². The summed E-state index contributed by atoms with van der Waals surface area (Å²) in [6.45, 7) is 5.74. The van der Waals surface area contributed by atoms with Gasteiger partial charge in [0.2, 0.25) is 0 Å². The maximum absolute atomic E-state index is 5.62. The Labute approximate surface area is 53.4 Å². The Morgan fingerprint density at radius 1 is 1.75 bits per heavy atom. The quantitative estimate of drug-likeness (QED) is 0.383. The largest absolute Gasteiger partial charge is 0.103 e. The highest BCUT2D eigenvalue weighted by Gasteiger charge is 1.94. The molecule has 0 aliphatic rings. The smallest absolute Gasteiger partial charge is 0.0703 e. The van der Waals surface area contributed by atoms with E-state index in [9.17, 15) is 0 Å². The Balaban J connectivity index is 3.03. The monoisotopic (exact) mass is 108 g/mol. The normalized spacial score (nSPS) is 13.1. The lowest BCUT2D eigenvalue weighted by Crippen LogP contribution is -1.87. The fourth-order valence-corrected chi connectivity index (χ4v) is 0.703. The standard InChI is InChI=1S/C7H13B/c1-3-5-7(8)6-4-2/h3,7H,1,4-6H2,2H3. The summed E-state index contributed by atoms with van der Waals surface area (Å²) in [7, 11) is 5.62. The molecule has 0 heterocycles. The van der Waals surface area contributed by atoms with Gasteiger partial charge in [0.25, 0.3) is 0 Å². The van der Waals surface area contributed by atoms with Gasteiger partial charge in [-0.3, -0.25) is 0 Å². The van der Waals surface area contributed by atoms with Gasteiger partial charge in [-0.1, -0.05) is 31.7 Å². The van der Waals surface area contributed by atoms with Gasteiger partial charge < -0.3 is 0 Å². The Morgan fingerprint density at radius 3 is 2.75 bits per heavy atom. The van der Waals surface area contributed by atoms with Gasteiger partial charge in [-0.15, -0.1) is 6.58 Å². The van der Waals surface area contributed by atoms with Crippen LogP contribution >= 0.6 is 0 Å². The van der Waals surface area contributed by atoms with E-state index in [0.29, 0.717) is 5.82 Å². The van der Waals surface area contributed by atoms with Crippen molar-refractivity contribution < 1.29 is 0 Å². The molecule has 0 aromatic heterocycles. The summed E-state index contributed by atoms with van der Waals surface area (Å²) in [6.07, 6.45) is 5.12. The minimum absolute atomic E-state index is 0.345. The maximum atomic E-state index is 5.62. The van der Waals surface area contributed by atoms with E-state index in [4.69, 9.17) is 7.85 Å². The summed E-state index contributed by atoms with van der Waals surface area (Å²) in [4.78, 5) is 0. The van der Waals surface area contributed by atoms with Gasteiger partial charge in [0.05, 0.1) is 7.85 Å². The van der Waals surface area contributed by atoms with Crippen LogP contribution in [0.2, 0.25) is 5.82 Å². The van der Waals surface area contributed by atoms with Gasteiger partial charge in [0.15, 0.2) is 0 Å². The molecule has 1 atom stereocenters. The van der Waals surface area contributed by atoms with Crippen molar-refractivity contribution in [3.05, 3.63) is 12.7 Å². The predicted octanol–water partition coefficient (Wildman–Crippen LogP) is 2.32. The van der Waals surface area contributed by atoms with Crippen LogP contribution in [0.15, 0.2) is 12.7 Å².